The summed E-state index contributed by atoms with van der Waals surface area (Å²) in [5.74, 6) is 1.04. The molecule has 18 heavy (non-hydrogen) atoms. The zero-order chi connectivity index (χ0) is 13.2. The van der Waals surface area contributed by atoms with Crippen molar-refractivity contribution in [3.63, 3.8) is 0 Å². The van der Waals surface area contributed by atoms with Crippen molar-refractivity contribution in [2.24, 2.45) is 5.41 Å². The number of carbonyl (C=O) groups excluding carboxylic acids is 1. The minimum atomic E-state index is -0.310. The summed E-state index contributed by atoms with van der Waals surface area (Å²) in [6, 6.07) is 1.34. The molecule has 2 amide bonds. The van der Waals surface area contributed by atoms with E-state index in [1.807, 2.05) is 6.92 Å². The molecule has 1 fully saturated rings. The van der Waals surface area contributed by atoms with E-state index in [2.05, 4.69) is 15.8 Å². The summed E-state index contributed by atoms with van der Waals surface area (Å²) in [4.78, 5) is 11.8. The average Bonchev–Trinajstić information content (AvgIpc) is 2.87. The van der Waals surface area contributed by atoms with Gasteiger partial charge in [-0.25, -0.2) is 4.79 Å². The van der Waals surface area contributed by atoms with Crippen molar-refractivity contribution in [3.05, 3.63) is 11.8 Å². The van der Waals surface area contributed by atoms with Crippen LogP contribution in [0.4, 0.5) is 10.6 Å². The van der Waals surface area contributed by atoms with Gasteiger partial charge in [0.25, 0.3) is 0 Å². The average molecular weight is 253 g/mol. The number of aliphatic hydroxyl groups excluding tert-OH is 1. The molecule has 0 spiro atoms. The number of aryl methyl sites for hydroxylation is 1. The summed E-state index contributed by atoms with van der Waals surface area (Å²) in [6.07, 6.45) is 2.84. The van der Waals surface area contributed by atoms with E-state index < -0.39 is 0 Å². The molecule has 6 nitrogen and oxygen atoms in total. The lowest BCUT2D eigenvalue weighted by molar-refractivity contribution is 0.122. The van der Waals surface area contributed by atoms with Crippen LogP contribution in [0.5, 0.6) is 0 Å². The van der Waals surface area contributed by atoms with E-state index >= 15 is 0 Å². The van der Waals surface area contributed by atoms with Crippen molar-refractivity contribution in [1.82, 2.24) is 10.5 Å². The third kappa shape index (κ3) is 2.64. The molecule has 2 unspecified atom stereocenters. The van der Waals surface area contributed by atoms with Crippen LogP contribution in [0.1, 0.15) is 31.9 Å². The maximum atomic E-state index is 11.8. The number of anilines is 1. The molecule has 100 valence electrons. The Morgan fingerprint density at radius 2 is 2.50 bits per heavy atom. The Hall–Kier alpha value is -1.56. The van der Waals surface area contributed by atoms with Crippen LogP contribution in [0.2, 0.25) is 0 Å². The van der Waals surface area contributed by atoms with Crippen molar-refractivity contribution in [1.29, 1.82) is 0 Å². The van der Waals surface area contributed by atoms with Crippen LogP contribution in [0.25, 0.3) is 0 Å². The number of hydrogen-bond acceptors (Lipinski definition) is 4. The Morgan fingerprint density at radius 1 is 1.72 bits per heavy atom. The van der Waals surface area contributed by atoms with Crippen LogP contribution in [0.15, 0.2) is 10.6 Å². The minimum absolute atomic E-state index is 0.00417. The van der Waals surface area contributed by atoms with Gasteiger partial charge in [-0.2, -0.15) is 0 Å². The van der Waals surface area contributed by atoms with E-state index in [9.17, 15) is 9.90 Å². The maximum absolute atomic E-state index is 11.8. The Balaban J connectivity index is 1.91. The lowest BCUT2D eigenvalue weighted by atomic mass is 9.86. The first-order chi connectivity index (χ1) is 8.53. The van der Waals surface area contributed by atoms with Gasteiger partial charge in [0.1, 0.15) is 5.76 Å². The molecular weight excluding hydrogens is 234 g/mol. The standard InChI is InChI=1S/C12H19N3O3/c1-8-6-10(15-18-8)14-11(17)13-9-4-3-5-12(9,2)7-16/h6,9,16H,3-5,7H2,1-2H3,(H2,13,14,15,17). The molecule has 3 N–H and O–H groups in total. The number of amides is 2. The molecule has 1 saturated carbocycles. The van der Waals surface area contributed by atoms with Crippen LogP contribution < -0.4 is 10.6 Å². The summed E-state index contributed by atoms with van der Waals surface area (Å²) >= 11 is 0. The fourth-order valence-corrected chi connectivity index (χ4v) is 2.40. The lowest BCUT2D eigenvalue weighted by Crippen LogP contribution is -2.46. The molecule has 1 aromatic rings. The van der Waals surface area contributed by atoms with E-state index in [1.54, 1.807) is 13.0 Å². The molecular formula is C12H19N3O3. The van der Waals surface area contributed by atoms with Crippen molar-refractivity contribution in [2.45, 2.75) is 39.2 Å². The second-order valence-electron chi connectivity index (χ2n) is 5.18. The van der Waals surface area contributed by atoms with E-state index in [1.165, 1.54) is 0 Å². The van der Waals surface area contributed by atoms with Crippen LogP contribution in [-0.4, -0.2) is 28.9 Å². The smallest absolute Gasteiger partial charge is 0.320 e. The summed E-state index contributed by atoms with van der Waals surface area (Å²) in [5, 5.41) is 18.6. The van der Waals surface area contributed by atoms with Crippen molar-refractivity contribution in [3.8, 4) is 0 Å². The van der Waals surface area contributed by atoms with Gasteiger partial charge in [0, 0.05) is 17.5 Å². The fraction of sp³-hybridized carbons (Fsp3) is 0.667. The Bertz CT molecular complexity index is 432. The molecule has 6 heteroatoms. The van der Waals surface area contributed by atoms with Crippen LogP contribution in [-0.2, 0) is 0 Å². The van der Waals surface area contributed by atoms with Gasteiger partial charge < -0.3 is 14.9 Å². The van der Waals surface area contributed by atoms with Gasteiger partial charge in [-0.15, -0.1) is 0 Å². The largest absolute Gasteiger partial charge is 0.396 e. The molecule has 0 aromatic carbocycles. The molecule has 0 radical (unpaired) electrons. The number of urea groups is 1. The van der Waals surface area contributed by atoms with Gasteiger partial charge in [0.15, 0.2) is 5.82 Å². The van der Waals surface area contributed by atoms with Crippen LogP contribution in [0.3, 0.4) is 0 Å². The highest BCUT2D eigenvalue weighted by Crippen LogP contribution is 2.37. The molecule has 0 saturated heterocycles. The van der Waals surface area contributed by atoms with E-state index in [0.717, 1.165) is 19.3 Å². The normalized spacial score (nSPS) is 27.2. The monoisotopic (exact) mass is 253 g/mol. The first kappa shape index (κ1) is 12.9. The number of nitrogens with zero attached hydrogens (tertiary/aromatic N) is 1. The molecule has 1 aromatic heterocycles. The van der Waals surface area contributed by atoms with E-state index in [-0.39, 0.29) is 24.1 Å². The lowest BCUT2D eigenvalue weighted by Gasteiger charge is -2.29. The first-order valence-electron chi connectivity index (χ1n) is 6.15. The van der Waals surface area contributed by atoms with Gasteiger partial charge >= 0.3 is 6.03 Å². The molecule has 0 bridgehead atoms. The number of hydrogen-bond donors (Lipinski definition) is 3. The second-order valence-corrected chi connectivity index (χ2v) is 5.18. The predicted octanol–water partition coefficient (Wildman–Crippen LogP) is 1.66. The molecule has 2 rings (SSSR count). The molecule has 0 aliphatic heterocycles. The SMILES string of the molecule is Cc1cc(NC(=O)NC2CCCC2(C)CO)no1. The van der Waals surface area contributed by atoms with Crippen molar-refractivity contribution >= 4 is 11.8 Å². The fourth-order valence-electron chi connectivity index (χ4n) is 2.40. The number of aromatic nitrogens is 1. The predicted molar refractivity (Wildman–Crippen MR) is 66.2 cm³/mol. The Morgan fingerprint density at radius 3 is 3.11 bits per heavy atom. The summed E-state index contributed by atoms with van der Waals surface area (Å²) in [5.41, 5.74) is -0.225. The van der Waals surface area contributed by atoms with Gasteiger partial charge in [-0.1, -0.05) is 18.5 Å². The van der Waals surface area contributed by atoms with Gasteiger partial charge in [-0.05, 0) is 19.8 Å². The highest BCUT2D eigenvalue weighted by molar-refractivity contribution is 5.88. The second kappa shape index (κ2) is 4.97. The maximum Gasteiger partial charge on any atom is 0.320 e. The third-order valence-corrected chi connectivity index (χ3v) is 3.62. The number of rotatable bonds is 3. The first-order valence-corrected chi connectivity index (χ1v) is 6.15. The number of nitrogens with one attached hydrogen (secondary N) is 2. The van der Waals surface area contributed by atoms with Gasteiger partial charge in [0.2, 0.25) is 0 Å². The zero-order valence-corrected chi connectivity index (χ0v) is 10.7. The van der Waals surface area contributed by atoms with E-state index in [0.29, 0.717) is 11.6 Å². The summed E-state index contributed by atoms with van der Waals surface area (Å²) < 4.78 is 4.86. The van der Waals surface area contributed by atoms with Crippen molar-refractivity contribution in [2.75, 3.05) is 11.9 Å². The quantitative estimate of drug-likeness (QED) is 0.764. The summed E-state index contributed by atoms with van der Waals surface area (Å²) in [7, 11) is 0. The topological polar surface area (TPSA) is 87.4 Å². The molecule has 2 atom stereocenters. The Kier molecular flexibility index (Phi) is 3.56. The van der Waals surface area contributed by atoms with Crippen molar-refractivity contribution < 1.29 is 14.4 Å². The van der Waals surface area contributed by atoms with Gasteiger partial charge in [-0.3, -0.25) is 5.32 Å². The third-order valence-electron chi connectivity index (χ3n) is 3.62. The van der Waals surface area contributed by atoms with Crippen LogP contribution >= 0.6 is 0 Å². The van der Waals surface area contributed by atoms with Crippen LogP contribution in [0, 0.1) is 12.3 Å². The van der Waals surface area contributed by atoms with E-state index in [4.69, 9.17) is 4.52 Å². The minimum Gasteiger partial charge on any atom is -0.396 e. The zero-order valence-electron chi connectivity index (χ0n) is 10.7. The highest BCUT2D eigenvalue weighted by Gasteiger charge is 2.39. The summed E-state index contributed by atoms with van der Waals surface area (Å²) in [6.45, 7) is 3.84. The highest BCUT2D eigenvalue weighted by atomic mass is 16.5. The molecule has 1 aliphatic rings. The number of carbonyl (C=O) groups is 1. The molecule has 1 heterocycles. The number of aliphatic hydroxyl groups is 1. The molecule has 1 aliphatic carbocycles. The van der Waals surface area contributed by atoms with Gasteiger partial charge in [0.05, 0.1) is 6.61 Å². The Labute approximate surface area is 106 Å².